The first-order valence-electron chi connectivity index (χ1n) is 17.5. The summed E-state index contributed by atoms with van der Waals surface area (Å²) < 4.78 is 11.5. The number of carbonyl (C=O) groups is 2. The summed E-state index contributed by atoms with van der Waals surface area (Å²) in [7, 11) is 0. The van der Waals surface area contributed by atoms with Crippen LogP contribution < -0.4 is 0 Å². The van der Waals surface area contributed by atoms with E-state index in [-0.39, 0.29) is 12.1 Å². The summed E-state index contributed by atoms with van der Waals surface area (Å²) in [5.74, 6) is -1.74. The summed E-state index contributed by atoms with van der Waals surface area (Å²) in [4.78, 5) is 27.6. The Bertz CT molecular complexity index is 1400. The van der Waals surface area contributed by atoms with Gasteiger partial charge in [-0.1, -0.05) is 121 Å². The molecule has 2 aliphatic rings. The van der Waals surface area contributed by atoms with Crippen molar-refractivity contribution in [3.05, 3.63) is 144 Å². The largest absolute Gasteiger partial charge is 0.479 e. The molecule has 8 nitrogen and oxygen atoms in total. The highest BCUT2D eigenvalue weighted by atomic mass is 16.5. The van der Waals surface area contributed by atoms with E-state index in [1.54, 1.807) is 13.8 Å². The molecule has 0 bridgehead atoms. The number of nitrogens with zero attached hydrogens (tertiary/aromatic N) is 2. The third-order valence-corrected chi connectivity index (χ3v) is 9.95. The SMILES string of the molecule is C[C@@]1(C(=O)O)CC[C@@H](N(Cc2ccccc2)Cc2ccccc2)CO1.C[C@@]1(C(=O)O)CC[C@@H](N(Cc2ccccc2)Cc2ccccc2)CO1. The van der Waals surface area contributed by atoms with Crippen LogP contribution in [0.15, 0.2) is 121 Å². The van der Waals surface area contributed by atoms with Crippen LogP contribution in [0.3, 0.4) is 0 Å². The molecule has 4 aromatic carbocycles. The lowest BCUT2D eigenvalue weighted by molar-refractivity contribution is -0.175. The maximum absolute atomic E-state index is 11.4. The highest BCUT2D eigenvalue weighted by Gasteiger charge is 2.41. The van der Waals surface area contributed by atoms with Gasteiger partial charge < -0.3 is 19.7 Å². The molecule has 264 valence electrons. The molecule has 8 heteroatoms. The van der Waals surface area contributed by atoms with E-state index in [2.05, 4.69) is 107 Å². The van der Waals surface area contributed by atoms with E-state index in [9.17, 15) is 19.8 Å². The molecule has 0 saturated carbocycles. The Morgan fingerprint density at radius 3 is 1.00 bits per heavy atom. The average Bonchev–Trinajstić information content (AvgIpc) is 3.14. The third kappa shape index (κ3) is 10.3. The molecule has 4 aromatic rings. The van der Waals surface area contributed by atoms with Gasteiger partial charge in [0.05, 0.1) is 13.2 Å². The molecule has 2 N–H and O–H groups in total. The molecule has 6 rings (SSSR count). The van der Waals surface area contributed by atoms with Crippen molar-refractivity contribution < 1.29 is 29.3 Å². The highest BCUT2D eigenvalue weighted by Crippen LogP contribution is 2.30. The Morgan fingerprint density at radius 2 is 0.800 bits per heavy atom. The standard InChI is InChI=1S/2C21H25NO3/c2*1-21(20(23)24)13-12-19(16-25-21)22(14-17-8-4-2-5-9-17)15-18-10-6-3-7-11-18/h2*2-11,19H,12-16H2,1H3,(H,23,24)/t2*19-,21+/m11/s1. The van der Waals surface area contributed by atoms with Gasteiger partial charge in [0.2, 0.25) is 0 Å². The molecular formula is C42H50N2O6. The molecule has 0 radical (unpaired) electrons. The van der Waals surface area contributed by atoms with E-state index >= 15 is 0 Å². The van der Waals surface area contributed by atoms with E-state index in [1.165, 1.54) is 22.3 Å². The van der Waals surface area contributed by atoms with Crippen LogP contribution in [0.25, 0.3) is 0 Å². The molecule has 0 aromatic heterocycles. The predicted molar refractivity (Wildman–Crippen MR) is 194 cm³/mol. The minimum Gasteiger partial charge on any atom is -0.479 e. The summed E-state index contributed by atoms with van der Waals surface area (Å²) in [6, 6.07) is 41.9. The summed E-state index contributed by atoms with van der Waals surface area (Å²) in [6.07, 6.45) is 2.71. The lowest BCUT2D eigenvalue weighted by atomic mass is 9.92. The minimum atomic E-state index is -1.05. The number of ether oxygens (including phenoxy) is 2. The van der Waals surface area contributed by atoms with Crippen LogP contribution in [0.1, 0.15) is 61.8 Å². The monoisotopic (exact) mass is 678 g/mol. The zero-order valence-electron chi connectivity index (χ0n) is 29.2. The Labute approximate surface area is 296 Å². The van der Waals surface area contributed by atoms with Gasteiger partial charge in [-0.15, -0.1) is 0 Å². The summed E-state index contributed by atoms with van der Waals surface area (Å²) in [5, 5.41) is 18.7. The predicted octanol–water partition coefficient (Wildman–Crippen LogP) is 7.42. The van der Waals surface area contributed by atoms with Crippen LogP contribution in [0.2, 0.25) is 0 Å². The van der Waals surface area contributed by atoms with Crippen molar-refractivity contribution >= 4 is 11.9 Å². The van der Waals surface area contributed by atoms with Gasteiger partial charge in [0, 0.05) is 38.3 Å². The number of hydrogen-bond donors (Lipinski definition) is 2. The molecule has 0 aliphatic carbocycles. The smallest absolute Gasteiger partial charge is 0.335 e. The Hall–Kier alpha value is -4.34. The van der Waals surface area contributed by atoms with Gasteiger partial charge in [-0.2, -0.15) is 0 Å². The molecule has 2 heterocycles. The number of rotatable bonds is 12. The maximum Gasteiger partial charge on any atom is 0.335 e. The van der Waals surface area contributed by atoms with Gasteiger partial charge >= 0.3 is 11.9 Å². The second-order valence-corrected chi connectivity index (χ2v) is 13.8. The molecule has 2 aliphatic heterocycles. The van der Waals surface area contributed by atoms with Crippen LogP contribution in [0.4, 0.5) is 0 Å². The van der Waals surface area contributed by atoms with Crippen molar-refractivity contribution in [1.82, 2.24) is 9.80 Å². The zero-order valence-corrected chi connectivity index (χ0v) is 29.2. The van der Waals surface area contributed by atoms with Crippen molar-refractivity contribution in [1.29, 1.82) is 0 Å². The summed E-state index contributed by atoms with van der Waals surface area (Å²) in [5.41, 5.74) is 2.91. The van der Waals surface area contributed by atoms with Crippen molar-refractivity contribution in [2.45, 2.75) is 89.0 Å². The average molecular weight is 679 g/mol. The van der Waals surface area contributed by atoms with E-state index in [0.717, 1.165) is 39.0 Å². The second-order valence-electron chi connectivity index (χ2n) is 13.8. The van der Waals surface area contributed by atoms with Gasteiger partial charge in [-0.3, -0.25) is 9.80 Å². The molecule has 0 spiro atoms. The number of aliphatic carboxylic acids is 2. The van der Waals surface area contributed by atoms with Crippen LogP contribution in [0, 0.1) is 0 Å². The lowest BCUT2D eigenvalue weighted by Crippen LogP contribution is -2.50. The van der Waals surface area contributed by atoms with E-state index in [0.29, 0.717) is 26.1 Å². The van der Waals surface area contributed by atoms with E-state index in [4.69, 9.17) is 9.47 Å². The van der Waals surface area contributed by atoms with Crippen LogP contribution in [-0.4, -0.2) is 68.5 Å². The fourth-order valence-corrected chi connectivity index (χ4v) is 6.57. The van der Waals surface area contributed by atoms with Gasteiger partial charge in [0.1, 0.15) is 0 Å². The van der Waals surface area contributed by atoms with E-state index < -0.39 is 23.1 Å². The van der Waals surface area contributed by atoms with Crippen LogP contribution in [-0.2, 0) is 45.2 Å². The lowest BCUT2D eigenvalue weighted by Gasteiger charge is -2.40. The minimum absolute atomic E-state index is 0.216. The molecule has 0 unspecified atom stereocenters. The molecule has 4 atom stereocenters. The van der Waals surface area contributed by atoms with Gasteiger partial charge in [0.15, 0.2) is 11.2 Å². The van der Waals surface area contributed by atoms with E-state index in [1.807, 2.05) is 24.3 Å². The Balaban J connectivity index is 0.000000194. The van der Waals surface area contributed by atoms with Crippen molar-refractivity contribution in [3.63, 3.8) is 0 Å². The Kier molecular flexibility index (Phi) is 13.0. The van der Waals surface area contributed by atoms with Gasteiger partial charge in [-0.25, -0.2) is 9.59 Å². The van der Waals surface area contributed by atoms with Crippen LogP contribution >= 0.6 is 0 Å². The summed E-state index contributed by atoms with van der Waals surface area (Å²) >= 11 is 0. The number of benzene rings is 4. The second kappa shape index (κ2) is 17.5. The number of carboxylic acids is 2. The number of carboxylic acid groups (broad SMARTS) is 2. The molecule has 2 saturated heterocycles. The molecule has 0 amide bonds. The fraction of sp³-hybridized carbons (Fsp3) is 0.381. The summed E-state index contributed by atoms with van der Waals surface area (Å²) in [6.45, 7) is 7.54. The first-order valence-corrected chi connectivity index (χ1v) is 17.5. The normalized spacial score (nSPS) is 23.5. The molecule has 2 fully saturated rings. The highest BCUT2D eigenvalue weighted by molar-refractivity contribution is 5.77. The van der Waals surface area contributed by atoms with Gasteiger partial charge in [-0.05, 0) is 61.8 Å². The van der Waals surface area contributed by atoms with Gasteiger partial charge in [0.25, 0.3) is 0 Å². The zero-order chi connectivity index (χ0) is 35.4. The first-order chi connectivity index (χ1) is 24.1. The van der Waals surface area contributed by atoms with Crippen molar-refractivity contribution in [2.24, 2.45) is 0 Å². The van der Waals surface area contributed by atoms with Crippen molar-refractivity contribution in [3.8, 4) is 0 Å². The molecule has 50 heavy (non-hydrogen) atoms. The Morgan fingerprint density at radius 1 is 0.540 bits per heavy atom. The maximum atomic E-state index is 11.4. The third-order valence-electron chi connectivity index (χ3n) is 9.95. The fourth-order valence-electron chi connectivity index (χ4n) is 6.57. The first kappa shape index (κ1) is 36.9. The molecular weight excluding hydrogens is 628 g/mol. The van der Waals surface area contributed by atoms with Crippen molar-refractivity contribution in [2.75, 3.05) is 13.2 Å². The number of hydrogen-bond acceptors (Lipinski definition) is 6. The quantitative estimate of drug-likeness (QED) is 0.160. The topological polar surface area (TPSA) is 99.5 Å². The van der Waals surface area contributed by atoms with Crippen LogP contribution in [0.5, 0.6) is 0 Å².